The molecule has 4 heterocycles. The zero-order valence-corrected chi connectivity index (χ0v) is 19.6. The molecule has 0 bridgehead atoms. The Morgan fingerprint density at radius 3 is 2.78 bits per heavy atom. The summed E-state index contributed by atoms with van der Waals surface area (Å²) in [6, 6.07) is 11.2. The highest BCUT2D eigenvalue weighted by molar-refractivity contribution is 5.55. The Morgan fingerprint density at radius 1 is 1.12 bits per heavy atom. The lowest BCUT2D eigenvalue weighted by atomic mass is 9.91. The van der Waals surface area contributed by atoms with E-state index >= 15 is 0 Å². The van der Waals surface area contributed by atoms with Crippen molar-refractivity contribution < 1.29 is 0 Å². The van der Waals surface area contributed by atoms with Crippen molar-refractivity contribution >= 4 is 11.5 Å². The summed E-state index contributed by atoms with van der Waals surface area (Å²) in [4.78, 5) is 17.2. The van der Waals surface area contributed by atoms with E-state index in [1.807, 2.05) is 13.2 Å². The summed E-state index contributed by atoms with van der Waals surface area (Å²) in [7, 11) is 6.45. The standard InChI is InChI=1S/C25H35N7/c1-26-17-22-20(18-30(3)21-9-4-7-19-8-6-12-27-25(19)21)28-23-10-5-11-24(32(22)23)31-15-13-29(2)14-16-31/h5-6,8,10-12,21,26H,4,7,9,13-18H2,1-3H3/t21-/m0/s1. The monoisotopic (exact) mass is 433 g/mol. The maximum Gasteiger partial charge on any atom is 0.138 e. The molecule has 0 spiro atoms. The van der Waals surface area contributed by atoms with Gasteiger partial charge in [-0.2, -0.15) is 0 Å². The highest BCUT2D eigenvalue weighted by atomic mass is 15.3. The van der Waals surface area contributed by atoms with E-state index in [9.17, 15) is 0 Å². The van der Waals surface area contributed by atoms with Crippen LogP contribution >= 0.6 is 0 Å². The fourth-order valence-electron chi connectivity index (χ4n) is 5.30. The van der Waals surface area contributed by atoms with Gasteiger partial charge in [0, 0.05) is 45.5 Å². The van der Waals surface area contributed by atoms with Crippen molar-refractivity contribution in [1.82, 2.24) is 29.5 Å². The van der Waals surface area contributed by atoms with E-state index in [-0.39, 0.29) is 0 Å². The highest BCUT2D eigenvalue weighted by Crippen LogP contribution is 2.33. The first kappa shape index (κ1) is 21.4. The molecule has 0 saturated carbocycles. The minimum Gasteiger partial charge on any atom is -0.355 e. The first-order chi connectivity index (χ1) is 15.7. The minimum absolute atomic E-state index is 0.351. The highest BCUT2D eigenvalue weighted by Gasteiger charge is 2.27. The molecule has 32 heavy (non-hydrogen) atoms. The third-order valence-electron chi connectivity index (χ3n) is 7.07. The summed E-state index contributed by atoms with van der Waals surface area (Å²) in [6.45, 7) is 5.90. The van der Waals surface area contributed by atoms with Crippen LogP contribution in [0.4, 0.5) is 5.82 Å². The van der Waals surface area contributed by atoms with Gasteiger partial charge < -0.3 is 15.1 Å². The Kier molecular flexibility index (Phi) is 6.13. The van der Waals surface area contributed by atoms with Gasteiger partial charge in [-0.25, -0.2) is 4.98 Å². The Bertz CT molecular complexity index is 1070. The molecule has 0 amide bonds. The molecule has 1 aliphatic carbocycles. The Hall–Kier alpha value is -2.48. The summed E-state index contributed by atoms with van der Waals surface area (Å²) < 4.78 is 2.37. The second-order valence-corrected chi connectivity index (χ2v) is 9.27. The van der Waals surface area contributed by atoms with Gasteiger partial charge in [-0.1, -0.05) is 12.1 Å². The predicted molar refractivity (Wildman–Crippen MR) is 129 cm³/mol. The fraction of sp³-hybridized carbons (Fsp3) is 0.520. The Labute approximate surface area is 191 Å². The summed E-state index contributed by atoms with van der Waals surface area (Å²) in [5, 5.41) is 3.39. The summed E-state index contributed by atoms with van der Waals surface area (Å²) >= 11 is 0. The van der Waals surface area contributed by atoms with E-state index in [0.29, 0.717) is 6.04 Å². The molecular formula is C25H35N7. The van der Waals surface area contributed by atoms with Crippen molar-refractivity contribution in [1.29, 1.82) is 0 Å². The molecule has 0 aromatic carbocycles. The number of aryl methyl sites for hydroxylation is 1. The number of pyridine rings is 2. The van der Waals surface area contributed by atoms with Crippen LogP contribution in [0, 0.1) is 0 Å². The average Bonchev–Trinajstić information content (AvgIpc) is 3.16. The number of aromatic nitrogens is 3. The molecule has 1 saturated heterocycles. The fourth-order valence-corrected chi connectivity index (χ4v) is 5.30. The van der Waals surface area contributed by atoms with Gasteiger partial charge in [-0.05, 0) is 64.2 Å². The van der Waals surface area contributed by atoms with Crippen molar-refractivity contribution in [2.24, 2.45) is 0 Å². The van der Waals surface area contributed by atoms with Gasteiger partial charge in [0.2, 0.25) is 0 Å². The molecular weight excluding hydrogens is 398 g/mol. The molecule has 7 heteroatoms. The number of likely N-dealkylation sites (N-methyl/N-ethyl adjacent to an activating group) is 1. The van der Waals surface area contributed by atoms with Crippen LogP contribution in [-0.2, 0) is 19.5 Å². The van der Waals surface area contributed by atoms with Crippen molar-refractivity contribution in [3.05, 3.63) is 59.2 Å². The van der Waals surface area contributed by atoms with Gasteiger partial charge in [-0.15, -0.1) is 0 Å². The molecule has 2 aliphatic rings. The molecule has 3 aromatic heterocycles. The van der Waals surface area contributed by atoms with E-state index in [2.05, 4.69) is 68.8 Å². The zero-order chi connectivity index (χ0) is 22.1. The lowest BCUT2D eigenvalue weighted by Crippen LogP contribution is -2.45. The van der Waals surface area contributed by atoms with Gasteiger partial charge in [0.05, 0.1) is 23.1 Å². The summed E-state index contributed by atoms with van der Waals surface area (Å²) in [6.07, 6.45) is 5.45. The molecule has 0 unspecified atom stereocenters. The van der Waals surface area contributed by atoms with Crippen LogP contribution in [0.2, 0.25) is 0 Å². The first-order valence-corrected chi connectivity index (χ1v) is 11.9. The predicted octanol–water partition coefficient (Wildman–Crippen LogP) is 2.71. The van der Waals surface area contributed by atoms with Crippen LogP contribution in [0.3, 0.4) is 0 Å². The Morgan fingerprint density at radius 2 is 1.97 bits per heavy atom. The van der Waals surface area contributed by atoms with Gasteiger partial charge in [-0.3, -0.25) is 14.3 Å². The van der Waals surface area contributed by atoms with E-state index in [1.165, 1.54) is 29.2 Å². The maximum atomic E-state index is 5.12. The smallest absolute Gasteiger partial charge is 0.138 e. The lowest BCUT2D eigenvalue weighted by molar-refractivity contribution is 0.206. The van der Waals surface area contributed by atoms with Crippen LogP contribution in [0.15, 0.2) is 36.5 Å². The van der Waals surface area contributed by atoms with Crippen molar-refractivity contribution in [2.75, 3.05) is 52.2 Å². The number of imidazole rings is 1. The maximum absolute atomic E-state index is 5.12. The number of hydrogen-bond donors (Lipinski definition) is 1. The lowest BCUT2D eigenvalue weighted by Gasteiger charge is -2.34. The number of rotatable bonds is 6. The number of anilines is 1. The zero-order valence-electron chi connectivity index (χ0n) is 19.6. The van der Waals surface area contributed by atoms with Crippen LogP contribution in [0.5, 0.6) is 0 Å². The van der Waals surface area contributed by atoms with Crippen molar-refractivity contribution in [2.45, 2.75) is 38.4 Å². The third kappa shape index (κ3) is 4.00. The molecule has 1 N–H and O–H groups in total. The quantitative estimate of drug-likeness (QED) is 0.645. The van der Waals surface area contributed by atoms with Crippen LogP contribution in [0.25, 0.3) is 5.65 Å². The molecule has 1 atom stereocenters. The molecule has 3 aromatic rings. The second-order valence-electron chi connectivity index (χ2n) is 9.27. The van der Waals surface area contributed by atoms with Gasteiger partial charge in [0.15, 0.2) is 0 Å². The van der Waals surface area contributed by atoms with E-state index < -0.39 is 0 Å². The normalized spacial score (nSPS) is 19.6. The van der Waals surface area contributed by atoms with Crippen molar-refractivity contribution in [3.8, 4) is 0 Å². The van der Waals surface area contributed by atoms with Gasteiger partial charge >= 0.3 is 0 Å². The number of nitrogens with zero attached hydrogens (tertiary/aromatic N) is 6. The number of nitrogens with one attached hydrogen (secondary N) is 1. The SMILES string of the molecule is CNCc1c(CN(C)[C@H]2CCCc3cccnc32)nc2cccc(N3CCN(C)CC3)n12. The van der Waals surface area contributed by atoms with Crippen LogP contribution < -0.4 is 10.2 Å². The molecule has 1 fully saturated rings. The second kappa shape index (κ2) is 9.17. The van der Waals surface area contributed by atoms with E-state index in [1.54, 1.807) is 0 Å². The Balaban J connectivity index is 1.48. The van der Waals surface area contributed by atoms with Crippen LogP contribution in [0.1, 0.15) is 41.5 Å². The molecule has 5 rings (SSSR count). The van der Waals surface area contributed by atoms with Gasteiger partial charge in [0.1, 0.15) is 11.5 Å². The average molecular weight is 434 g/mol. The number of hydrogen-bond acceptors (Lipinski definition) is 6. The van der Waals surface area contributed by atoms with Crippen LogP contribution in [-0.4, -0.2) is 71.5 Å². The number of fused-ring (bicyclic) bond motifs is 2. The molecule has 170 valence electrons. The largest absolute Gasteiger partial charge is 0.355 e. The first-order valence-electron chi connectivity index (χ1n) is 11.9. The van der Waals surface area contributed by atoms with E-state index in [4.69, 9.17) is 9.97 Å². The number of piperazine rings is 1. The third-order valence-corrected chi connectivity index (χ3v) is 7.07. The van der Waals surface area contributed by atoms with Gasteiger partial charge in [0.25, 0.3) is 0 Å². The topological polar surface area (TPSA) is 51.9 Å². The summed E-state index contributed by atoms with van der Waals surface area (Å²) in [5.41, 5.74) is 6.11. The molecule has 7 nitrogen and oxygen atoms in total. The molecule has 1 aliphatic heterocycles. The van der Waals surface area contributed by atoms with Crippen molar-refractivity contribution in [3.63, 3.8) is 0 Å². The summed E-state index contributed by atoms with van der Waals surface area (Å²) in [5.74, 6) is 1.26. The van der Waals surface area contributed by atoms with E-state index in [0.717, 1.165) is 63.5 Å². The minimum atomic E-state index is 0.351. The molecule has 0 radical (unpaired) electrons.